The fraction of sp³-hybridized carbons (Fsp3) is 0.286. The molecule has 5 heteroatoms. The van der Waals surface area contributed by atoms with E-state index < -0.39 is 7.14 Å². The molecule has 1 atom stereocenters. The zero-order chi connectivity index (χ0) is 27.9. The fourth-order valence-corrected chi connectivity index (χ4v) is 12.7. The minimum Gasteiger partial charge on any atom is -0.307 e. The molecule has 0 aliphatic carbocycles. The maximum absolute atomic E-state index is 15.1. The van der Waals surface area contributed by atoms with E-state index in [-0.39, 0.29) is 11.5 Å². The Labute approximate surface area is 246 Å². The monoisotopic (exact) mass is 582 g/mol. The van der Waals surface area contributed by atoms with Crippen LogP contribution in [0.1, 0.15) is 63.5 Å². The second kappa shape index (κ2) is 10.9. The van der Waals surface area contributed by atoms with E-state index in [9.17, 15) is 0 Å². The van der Waals surface area contributed by atoms with Crippen LogP contribution in [-0.4, -0.2) is 0 Å². The summed E-state index contributed by atoms with van der Waals surface area (Å²) >= 11 is 3.19. The molecule has 40 heavy (non-hydrogen) atoms. The molecule has 2 nitrogen and oxygen atoms in total. The van der Waals surface area contributed by atoms with Crippen molar-refractivity contribution in [3.8, 4) is 11.3 Å². The zero-order valence-corrected chi connectivity index (χ0v) is 26.1. The van der Waals surface area contributed by atoms with Crippen LogP contribution in [0.2, 0.25) is 0 Å². The molecule has 3 aromatic heterocycles. The number of pyridine rings is 1. The molecule has 0 saturated heterocycles. The number of nitrogens with zero attached hydrogens (tertiary/aromatic N) is 1. The van der Waals surface area contributed by atoms with Gasteiger partial charge in [0.15, 0.2) is 18.9 Å². The summed E-state index contributed by atoms with van der Waals surface area (Å²) in [6.07, 6.45) is 9.90. The summed E-state index contributed by atoms with van der Waals surface area (Å²) in [4.78, 5) is 0. The lowest BCUT2D eigenvalue weighted by Gasteiger charge is -2.39. The second-order valence-corrected chi connectivity index (χ2v) is 16.0. The molecule has 1 aliphatic rings. The average Bonchev–Trinajstić information content (AvgIpc) is 3.74. The van der Waals surface area contributed by atoms with Gasteiger partial charge in [-0.3, -0.25) is 0 Å². The first kappa shape index (κ1) is 27.4. The van der Waals surface area contributed by atoms with Gasteiger partial charge in [-0.2, -0.15) is 4.57 Å². The highest BCUT2D eigenvalue weighted by Crippen LogP contribution is 2.50. The van der Waals surface area contributed by atoms with E-state index in [1.807, 2.05) is 35.0 Å². The van der Waals surface area contributed by atoms with E-state index in [0.717, 1.165) is 33.8 Å². The predicted octanol–water partition coefficient (Wildman–Crippen LogP) is 8.70. The zero-order valence-electron chi connectivity index (χ0n) is 23.6. The van der Waals surface area contributed by atoms with E-state index in [4.69, 9.17) is 0 Å². The first-order valence-electron chi connectivity index (χ1n) is 14.5. The van der Waals surface area contributed by atoms with Crippen molar-refractivity contribution < 1.29 is 9.13 Å². The van der Waals surface area contributed by atoms with Gasteiger partial charge in [-0.05, 0) is 76.5 Å². The van der Waals surface area contributed by atoms with Crippen LogP contribution >= 0.6 is 29.8 Å². The molecule has 0 saturated carbocycles. The third kappa shape index (κ3) is 4.03. The molecule has 0 radical (unpaired) electrons. The van der Waals surface area contributed by atoms with Crippen molar-refractivity contribution in [2.75, 3.05) is 0 Å². The number of rotatable bonds is 9. The first-order chi connectivity index (χ1) is 19.5. The Bertz CT molecular complexity index is 1680. The summed E-state index contributed by atoms with van der Waals surface area (Å²) in [5.41, 5.74) is 5.03. The highest BCUT2D eigenvalue weighted by molar-refractivity contribution is 7.92. The first-order valence-corrected chi connectivity index (χ1v) is 17.9. The van der Waals surface area contributed by atoms with Crippen LogP contribution in [0, 0.1) is 0 Å². The molecule has 1 aliphatic heterocycles. The van der Waals surface area contributed by atoms with Crippen molar-refractivity contribution in [3.63, 3.8) is 0 Å². The molecular formula is C35H37NOPS2+. The lowest BCUT2D eigenvalue weighted by atomic mass is 9.70. The minimum absolute atomic E-state index is 0.107. The van der Waals surface area contributed by atoms with E-state index >= 15 is 4.57 Å². The summed E-state index contributed by atoms with van der Waals surface area (Å²) < 4.78 is 19.5. The maximum Gasteiger partial charge on any atom is 0.221 e. The molecule has 0 N–H and O–H groups in total. The normalized spacial score (nSPS) is 16.0. The van der Waals surface area contributed by atoms with Crippen molar-refractivity contribution in [1.29, 1.82) is 0 Å². The number of hydrogen-bond donors (Lipinski definition) is 0. The summed E-state index contributed by atoms with van der Waals surface area (Å²) in [6, 6.07) is 23.9. The molecule has 204 valence electrons. The van der Waals surface area contributed by atoms with Crippen LogP contribution in [0.15, 0.2) is 96.3 Å². The summed E-state index contributed by atoms with van der Waals surface area (Å²) in [7, 11) is -2.98. The summed E-state index contributed by atoms with van der Waals surface area (Å²) in [5, 5.41) is 7.64. The molecule has 1 unspecified atom stereocenters. The van der Waals surface area contributed by atoms with Gasteiger partial charge in [0.05, 0.1) is 26.1 Å². The number of allylic oxidation sites excluding steroid dienone is 1. The standard InChI is InChI=1S/C35H37NOPS2/c1-5-9-13-25-14-10-15-28-27(25)20-21-36-34(28)29-19-18-26(24-30(29)31(6-2)35(36,7-3)8-4)38(37,32-16-11-22-39-32)33-17-12-23-40-33/h6,10-12,14-24,31H,2,5,7-9,13H2,1,3-4H3/q+1. The van der Waals surface area contributed by atoms with Crippen LogP contribution < -0.4 is 19.1 Å². The Morgan fingerprint density at radius 1 is 0.925 bits per heavy atom. The van der Waals surface area contributed by atoms with E-state index in [2.05, 4.69) is 86.7 Å². The van der Waals surface area contributed by atoms with Gasteiger partial charge < -0.3 is 4.57 Å². The molecule has 0 bridgehead atoms. The number of hydrogen-bond acceptors (Lipinski definition) is 3. The summed E-state index contributed by atoms with van der Waals surface area (Å²) in [6.45, 7) is 11.2. The third-order valence-electron chi connectivity index (χ3n) is 9.02. The van der Waals surface area contributed by atoms with Gasteiger partial charge in [0, 0.05) is 24.2 Å². The second-order valence-electron chi connectivity index (χ2n) is 10.8. The molecule has 6 rings (SSSR count). The number of unbranched alkanes of at least 4 members (excludes halogenated alkanes) is 1. The Balaban J connectivity index is 1.66. The Morgan fingerprint density at radius 3 is 2.25 bits per heavy atom. The predicted molar refractivity (Wildman–Crippen MR) is 175 cm³/mol. The number of aromatic nitrogens is 1. The lowest BCUT2D eigenvalue weighted by molar-refractivity contribution is -0.760. The molecule has 0 fully saturated rings. The van der Waals surface area contributed by atoms with Crippen LogP contribution in [-0.2, 0) is 16.5 Å². The van der Waals surface area contributed by atoms with Gasteiger partial charge in [0.2, 0.25) is 5.69 Å². The molecule has 4 heterocycles. The highest BCUT2D eigenvalue weighted by Gasteiger charge is 2.51. The number of thiophene rings is 2. The van der Waals surface area contributed by atoms with Gasteiger partial charge in [-0.25, -0.2) is 0 Å². The SMILES string of the molecule is C=CC1c2cc(P(=O)(c3cccs3)c3cccs3)ccc2-c2c3cccc(CCCC)c3cc[n+]2C1(CC)CC. The van der Waals surface area contributed by atoms with Crippen molar-refractivity contribution in [2.24, 2.45) is 0 Å². The fourth-order valence-electron chi connectivity index (χ4n) is 6.90. The topological polar surface area (TPSA) is 20.9 Å². The van der Waals surface area contributed by atoms with Crippen molar-refractivity contribution >= 4 is 55.1 Å². The highest BCUT2D eigenvalue weighted by atomic mass is 32.1. The average molecular weight is 583 g/mol. The van der Waals surface area contributed by atoms with Gasteiger partial charge in [-0.1, -0.05) is 57.5 Å². The summed E-state index contributed by atoms with van der Waals surface area (Å²) in [5.74, 6) is 0.107. The van der Waals surface area contributed by atoms with Gasteiger partial charge in [0.1, 0.15) is 0 Å². The smallest absolute Gasteiger partial charge is 0.221 e. The van der Waals surface area contributed by atoms with E-state index in [1.54, 1.807) is 22.7 Å². The largest absolute Gasteiger partial charge is 0.307 e. The Kier molecular flexibility index (Phi) is 7.46. The van der Waals surface area contributed by atoms with E-state index in [0.29, 0.717) is 0 Å². The molecular weight excluding hydrogens is 545 g/mol. The van der Waals surface area contributed by atoms with Crippen LogP contribution in [0.25, 0.3) is 22.0 Å². The van der Waals surface area contributed by atoms with Gasteiger partial charge in [0.25, 0.3) is 0 Å². The molecule has 5 aromatic rings. The number of benzene rings is 2. The van der Waals surface area contributed by atoms with Crippen molar-refractivity contribution in [1.82, 2.24) is 0 Å². The van der Waals surface area contributed by atoms with Crippen LogP contribution in [0.4, 0.5) is 0 Å². The number of fused-ring (bicyclic) bond motifs is 5. The quantitative estimate of drug-likeness (QED) is 0.0968. The third-order valence-corrected chi connectivity index (χ3v) is 15.1. The van der Waals surface area contributed by atoms with Gasteiger partial charge in [-0.15, -0.1) is 29.3 Å². The maximum atomic E-state index is 15.1. The van der Waals surface area contributed by atoms with Crippen LogP contribution in [0.5, 0.6) is 0 Å². The number of aryl methyl sites for hydroxylation is 1. The Morgan fingerprint density at radius 2 is 1.65 bits per heavy atom. The van der Waals surface area contributed by atoms with Crippen molar-refractivity contribution in [2.45, 2.75) is 64.3 Å². The lowest BCUT2D eigenvalue weighted by Crippen LogP contribution is -2.62. The van der Waals surface area contributed by atoms with Crippen LogP contribution in [0.3, 0.4) is 0 Å². The molecule has 0 amide bonds. The Hall–Kier alpha value is -2.78. The molecule has 2 aromatic carbocycles. The molecule has 0 spiro atoms. The van der Waals surface area contributed by atoms with Crippen molar-refractivity contribution in [3.05, 3.63) is 107 Å². The van der Waals surface area contributed by atoms with E-state index in [1.165, 1.54) is 46.0 Å². The minimum atomic E-state index is -2.98. The van der Waals surface area contributed by atoms with Gasteiger partial charge >= 0.3 is 0 Å².